The number of ether oxygens (including phenoxy) is 1. The molecule has 0 radical (unpaired) electrons. The fourth-order valence-electron chi connectivity index (χ4n) is 0.547. The molecule has 0 aromatic carbocycles. The summed E-state index contributed by atoms with van der Waals surface area (Å²) in [5.74, 6) is 3.77. The number of rotatable bonds is 5. The molecule has 0 aliphatic heterocycles. The quantitative estimate of drug-likeness (QED) is 0.312. The van der Waals surface area contributed by atoms with E-state index >= 15 is 0 Å². The standard InChI is InChI=1S/C6H12N2O4/c1-12-4-5(9)8(7)3-2-6(10)11/h2-4,7H2,1H3,(H,10,11). The van der Waals surface area contributed by atoms with Crippen molar-refractivity contribution in [3.05, 3.63) is 0 Å². The number of hydrogen-bond donors (Lipinski definition) is 2. The Hall–Kier alpha value is -1.14. The second-order valence-corrected chi connectivity index (χ2v) is 2.16. The number of methoxy groups -OCH3 is 1. The van der Waals surface area contributed by atoms with Gasteiger partial charge in [-0.25, -0.2) is 5.84 Å². The summed E-state index contributed by atoms with van der Waals surface area (Å²) in [6.07, 6.45) is -0.161. The average Bonchev–Trinajstić information content (AvgIpc) is 2.00. The first-order valence-corrected chi connectivity index (χ1v) is 3.33. The van der Waals surface area contributed by atoms with Crippen LogP contribution in [0.5, 0.6) is 0 Å². The fourth-order valence-corrected chi connectivity index (χ4v) is 0.547. The molecule has 12 heavy (non-hydrogen) atoms. The van der Waals surface area contributed by atoms with Crippen molar-refractivity contribution in [2.45, 2.75) is 6.42 Å². The second kappa shape index (κ2) is 5.50. The molecular weight excluding hydrogens is 164 g/mol. The molecule has 0 aromatic heterocycles. The van der Waals surface area contributed by atoms with Gasteiger partial charge in [-0.05, 0) is 0 Å². The van der Waals surface area contributed by atoms with E-state index in [9.17, 15) is 9.59 Å². The molecule has 6 heteroatoms. The van der Waals surface area contributed by atoms with Gasteiger partial charge in [-0.1, -0.05) is 0 Å². The average molecular weight is 176 g/mol. The number of carbonyl (C=O) groups excluding carboxylic acids is 1. The highest BCUT2D eigenvalue weighted by atomic mass is 16.5. The lowest BCUT2D eigenvalue weighted by molar-refractivity contribution is -0.139. The molecule has 0 atom stereocenters. The van der Waals surface area contributed by atoms with Gasteiger partial charge in [-0.3, -0.25) is 14.6 Å². The van der Waals surface area contributed by atoms with Crippen molar-refractivity contribution in [3.8, 4) is 0 Å². The summed E-state index contributed by atoms with van der Waals surface area (Å²) >= 11 is 0. The monoisotopic (exact) mass is 176 g/mol. The van der Waals surface area contributed by atoms with Crippen LogP contribution in [-0.2, 0) is 14.3 Å². The molecule has 70 valence electrons. The number of nitrogens with two attached hydrogens (primary N) is 1. The Morgan fingerprint density at radius 3 is 2.58 bits per heavy atom. The van der Waals surface area contributed by atoms with Crippen molar-refractivity contribution in [2.24, 2.45) is 5.84 Å². The lowest BCUT2D eigenvalue weighted by atomic mass is 10.4. The summed E-state index contributed by atoms with van der Waals surface area (Å²) in [6.45, 7) is -0.131. The predicted octanol–water partition coefficient (Wildman–Crippen LogP) is -1.19. The van der Waals surface area contributed by atoms with Gasteiger partial charge in [0.2, 0.25) is 0 Å². The Morgan fingerprint density at radius 1 is 1.58 bits per heavy atom. The van der Waals surface area contributed by atoms with E-state index in [0.717, 1.165) is 5.01 Å². The highest BCUT2D eigenvalue weighted by Gasteiger charge is 2.09. The van der Waals surface area contributed by atoms with Gasteiger partial charge in [-0.15, -0.1) is 0 Å². The molecule has 6 nitrogen and oxygen atoms in total. The number of nitrogens with zero attached hydrogens (tertiary/aromatic N) is 1. The molecule has 0 aliphatic rings. The van der Waals surface area contributed by atoms with Crippen LogP contribution >= 0.6 is 0 Å². The zero-order valence-electron chi connectivity index (χ0n) is 6.82. The molecule has 0 fully saturated rings. The number of carboxylic acid groups (broad SMARTS) is 1. The molecule has 0 bridgehead atoms. The van der Waals surface area contributed by atoms with Gasteiger partial charge in [0.25, 0.3) is 5.91 Å². The van der Waals surface area contributed by atoms with Crippen LogP contribution in [0.1, 0.15) is 6.42 Å². The Morgan fingerprint density at radius 2 is 2.17 bits per heavy atom. The number of aliphatic carboxylic acids is 1. The third kappa shape index (κ3) is 4.64. The van der Waals surface area contributed by atoms with Gasteiger partial charge in [0, 0.05) is 13.7 Å². The number of carbonyl (C=O) groups is 2. The number of amides is 1. The Balaban J connectivity index is 3.63. The second-order valence-electron chi connectivity index (χ2n) is 2.16. The van der Waals surface area contributed by atoms with Crippen molar-refractivity contribution >= 4 is 11.9 Å². The Kier molecular flexibility index (Phi) is 4.98. The Labute approximate surface area is 69.9 Å². The molecule has 1 amide bonds. The minimum Gasteiger partial charge on any atom is -0.481 e. The van der Waals surface area contributed by atoms with E-state index in [1.165, 1.54) is 7.11 Å². The van der Waals surface area contributed by atoms with Crippen molar-refractivity contribution in [3.63, 3.8) is 0 Å². The van der Waals surface area contributed by atoms with E-state index < -0.39 is 11.9 Å². The number of carboxylic acids is 1. The largest absolute Gasteiger partial charge is 0.481 e. The SMILES string of the molecule is COCC(=O)N(N)CCC(=O)O. The molecule has 0 saturated heterocycles. The summed E-state index contributed by atoms with van der Waals surface area (Å²) in [5.41, 5.74) is 0. The highest BCUT2D eigenvalue weighted by molar-refractivity contribution is 5.77. The van der Waals surface area contributed by atoms with Crippen LogP contribution in [0, 0.1) is 0 Å². The van der Waals surface area contributed by atoms with Crippen LogP contribution in [0.15, 0.2) is 0 Å². The highest BCUT2D eigenvalue weighted by Crippen LogP contribution is 1.86. The summed E-state index contributed by atoms with van der Waals surface area (Å²) in [7, 11) is 1.36. The first-order chi connectivity index (χ1) is 5.57. The van der Waals surface area contributed by atoms with Crippen molar-refractivity contribution in [2.75, 3.05) is 20.3 Å². The lowest BCUT2D eigenvalue weighted by Gasteiger charge is -2.14. The van der Waals surface area contributed by atoms with Crippen LogP contribution in [0.3, 0.4) is 0 Å². The Bertz CT molecular complexity index is 171. The van der Waals surface area contributed by atoms with Gasteiger partial charge in [0.05, 0.1) is 6.42 Å². The van der Waals surface area contributed by atoms with E-state index in [0.29, 0.717) is 0 Å². The van der Waals surface area contributed by atoms with E-state index in [2.05, 4.69) is 4.74 Å². The molecule has 0 saturated carbocycles. The third-order valence-electron chi connectivity index (χ3n) is 1.15. The van der Waals surface area contributed by atoms with Crippen LogP contribution < -0.4 is 5.84 Å². The molecule has 3 N–H and O–H groups in total. The maximum Gasteiger partial charge on any atom is 0.305 e. The molecule has 0 aromatic rings. The minimum atomic E-state index is -0.990. The fraction of sp³-hybridized carbons (Fsp3) is 0.667. The zero-order chi connectivity index (χ0) is 9.56. The minimum absolute atomic E-state index is 0.00245. The number of hydrogen-bond acceptors (Lipinski definition) is 4. The summed E-state index contributed by atoms with van der Waals surface area (Å²) < 4.78 is 4.51. The number of hydrazine groups is 1. The zero-order valence-corrected chi connectivity index (χ0v) is 6.82. The van der Waals surface area contributed by atoms with E-state index in [4.69, 9.17) is 10.9 Å². The van der Waals surface area contributed by atoms with Gasteiger partial charge in [0.15, 0.2) is 0 Å². The molecule has 0 rings (SSSR count). The van der Waals surface area contributed by atoms with Gasteiger partial charge < -0.3 is 9.84 Å². The molecule has 0 aliphatic carbocycles. The van der Waals surface area contributed by atoms with Gasteiger partial charge >= 0.3 is 5.97 Å². The van der Waals surface area contributed by atoms with E-state index in [1.807, 2.05) is 0 Å². The van der Waals surface area contributed by atoms with Crippen LogP contribution in [-0.4, -0.2) is 42.3 Å². The van der Waals surface area contributed by atoms with Gasteiger partial charge in [-0.2, -0.15) is 0 Å². The normalized spacial score (nSPS) is 9.50. The molecular formula is C6H12N2O4. The lowest BCUT2D eigenvalue weighted by Crippen LogP contribution is -2.40. The van der Waals surface area contributed by atoms with Crippen molar-refractivity contribution < 1.29 is 19.4 Å². The summed E-state index contributed by atoms with van der Waals surface area (Å²) in [5, 5.41) is 9.08. The predicted molar refractivity (Wildman–Crippen MR) is 40.0 cm³/mol. The maximum absolute atomic E-state index is 10.8. The van der Waals surface area contributed by atoms with Crippen LogP contribution in [0.4, 0.5) is 0 Å². The summed E-state index contributed by atoms with van der Waals surface area (Å²) in [6, 6.07) is 0. The van der Waals surface area contributed by atoms with Crippen LogP contribution in [0.2, 0.25) is 0 Å². The first kappa shape index (κ1) is 10.9. The molecule has 0 heterocycles. The van der Waals surface area contributed by atoms with Crippen molar-refractivity contribution in [1.29, 1.82) is 0 Å². The maximum atomic E-state index is 10.8. The van der Waals surface area contributed by atoms with E-state index in [1.54, 1.807) is 0 Å². The van der Waals surface area contributed by atoms with Crippen LogP contribution in [0.25, 0.3) is 0 Å². The molecule has 0 spiro atoms. The third-order valence-corrected chi connectivity index (χ3v) is 1.15. The molecule has 0 unspecified atom stereocenters. The smallest absolute Gasteiger partial charge is 0.305 e. The van der Waals surface area contributed by atoms with E-state index in [-0.39, 0.29) is 19.6 Å². The van der Waals surface area contributed by atoms with Gasteiger partial charge in [0.1, 0.15) is 6.61 Å². The topological polar surface area (TPSA) is 92.9 Å². The van der Waals surface area contributed by atoms with Crippen molar-refractivity contribution in [1.82, 2.24) is 5.01 Å². The first-order valence-electron chi connectivity index (χ1n) is 3.33. The summed E-state index contributed by atoms with van der Waals surface area (Å²) in [4.78, 5) is 20.9.